The van der Waals surface area contributed by atoms with Crippen LogP contribution >= 0.6 is 11.6 Å². The zero-order valence-corrected chi connectivity index (χ0v) is 15.3. The molecular formula is C21H21ClO3. The molecule has 4 rings (SSSR count). The zero-order chi connectivity index (χ0) is 17.8. The fourth-order valence-corrected chi connectivity index (χ4v) is 4.51. The average Bonchev–Trinajstić information content (AvgIpc) is 2.52. The Morgan fingerprint density at radius 3 is 2.48 bits per heavy atom. The first-order valence-corrected chi connectivity index (χ1v) is 9.20. The molecule has 1 heterocycles. The second-order valence-electron chi connectivity index (χ2n) is 7.95. The summed E-state index contributed by atoms with van der Waals surface area (Å²) in [5.74, 6) is 1.24. The summed E-state index contributed by atoms with van der Waals surface area (Å²) in [7, 11) is 0. The third-order valence-corrected chi connectivity index (χ3v) is 5.67. The smallest absolute Gasteiger partial charge is 0.163 e. The molecule has 0 fully saturated rings. The Morgan fingerprint density at radius 2 is 1.72 bits per heavy atom. The van der Waals surface area contributed by atoms with Gasteiger partial charge < -0.3 is 4.74 Å². The molecular weight excluding hydrogens is 336 g/mol. The normalized spacial score (nSPS) is 25.5. The molecule has 2 aliphatic carbocycles. The Labute approximate surface area is 152 Å². The highest BCUT2D eigenvalue weighted by molar-refractivity contribution is 6.31. The van der Waals surface area contributed by atoms with Gasteiger partial charge in [0.2, 0.25) is 0 Å². The Morgan fingerprint density at radius 1 is 1.00 bits per heavy atom. The molecule has 0 saturated heterocycles. The van der Waals surface area contributed by atoms with Gasteiger partial charge in [0.05, 0.1) is 0 Å². The van der Waals surface area contributed by atoms with Crippen molar-refractivity contribution < 1.29 is 14.3 Å². The van der Waals surface area contributed by atoms with Crippen LogP contribution in [0, 0.1) is 5.41 Å². The average molecular weight is 357 g/mol. The van der Waals surface area contributed by atoms with Gasteiger partial charge in [0, 0.05) is 47.8 Å². The number of carbonyl (C=O) groups excluding carboxylic acids is 2. The summed E-state index contributed by atoms with van der Waals surface area (Å²) >= 11 is 6.46. The van der Waals surface area contributed by atoms with Crippen LogP contribution in [0.5, 0.6) is 0 Å². The number of rotatable bonds is 1. The van der Waals surface area contributed by atoms with Crippen molar-refractivity contribution in [3.8, 4) is 0 Å². The fraction of sp³-hybridized carbons (Fsp3) is 0.429. The van der Waals surface area contributed by atoms with Gasteiger partial charge in [-0.1, -0.05) is 43.6 Å². The molecule has 0 aromatic heterocycles. The summed E-state index contributed by atoms with van der Waals surface area (Å²) in [5.41, 5.74) is 1.99. The van der Waals surface area contributed by atoms with Crippen LogP contribution in [0.1, 0.15) is 57.4 Å². The van der Waals surface area contributed by atoms with Gasteiger partial charge >= 0.3 is 0 Å². The molecule has 0 N–H and O–H groups in total. The molecule has 1 atom stereocenters. The number of hydrogen-bond donors (Lipinski definition) is 0. The summed E-state index contributed by atoms with van der Waals surface area (Å²) in [4.78, 5) is 25.7. The Balaban J connectivity index is 1.94. The molecule has 1 aromatic rings. The topological polar surface area (TPSA) is 43.4 Å². The van der Waals surface area contributed by atoms with Crippen molar-refractivity contribution in [2.45, 2.75) is 51.9 Å². The lowest BCUT2D eigenvalue weighted by molar-refractivity contribution is -0.119. The molecule has 1 aromatic carbocycles. The number of Topliss-reactive ketones (excluding diaryl/α,β-unsaturated/α-hetero) is 2. The lowest BCUT2D eigenvalue weighted by Gasteiger charge is -2.40. The zero-order valence-electron chi connectivity index (χ0n) is 14.5. The molecule has 1 aliphatic heterocycles. The van der Waals surface area contributed by atoms with Crippen molar-refractivity contribution in [2.24, 2.45) is 5.41 Å². The predicted octanol–water partition coefficient (Wildman–Crippen LogP) is 5.10. The summed E-state index contributed by atoms with van der Waals surface area (Å²) < 4.78 is 6.14. The van der Waals surface area contributed by atoms with E-state index in [4.69, 9.17) is 16.3 Å². The van der Waals surface area contributed by atoms with Crippen LogP contribution in [0.2, 0.25) is 5.02 Å². The molecule has 25 heavy (non-hydrogen) atoms. The van der Waals surface area contributed by atoms with Crippen molar-refractivity contribution in [3.05, 3.63) is 57.5 Å². The van der Waals surface area contributed by atoms with E-state index < -0.39 is 0 Å². The monoisotopic (exact) mass is 356 g/mol. The number of carbonyl (C=O) groups is 2. The van der Waals surface area contributed by atoms with Gasteiger partial charge in [-0.3, -0.25) is 9.59 Å². The number of allylic oxidation sites excluding steroid dienone is 4. The lowest BCUT2D eigenvalue weighted by atomic mass is 9.68. The highest BCUT2D eigenvalue weighted by Gasteiger charge is 2.45. The standard InChI is InChI=1S/C21H21ClO3/c1-21(2)10-15(24)20-17(11-21)25-16-9-5-8-14(23)19(16)18(20)12-6-3-4-7-13(12)22/h3-4,6-7,18H,5,8-11H2,1-2H3. The van der Waals surface area contributed by atoms with E-state index in [1.807, 2.05) is 24.3 Å². The van der Waals surface area contributed by atoms with Gasteiger partial charge in [0.25, 0.3) is 0 Å². The van der Waals surface area contributed by atoms with Gasteiger partial charge in [0.1, 0.15) is 11.5 Å². The van der Waals surface area contributed by atoms with Crippen molar-refractivity contribution in [3.63, 3.8) is 0 Å². The molecule has 0 amide bonds. The van der Waals surface area contributed by atoms with Crippen LogP contribution in [0.15, 0.2) is 46.9 Å². The van der Waals surface area contributed by atoms with Gasteiger partial charge in [-0.2, -0.15) is 0 Å². The molecule has 0 radical (unpaired) electrons. The van der Waals surface area contributed by atoms with E-state index in [0.717, 1.165) is 29.9 Å². The molecule has 4 heteroatoms. The van der Waals surface area contributed by atoms with Crippen LogP contribution in [0.25, 0.3) is 0 Å². The van der Waals surface area contributed by atoms with Crippen molar-refractivity contribution in [1.29, 1.82) is 0 Å². The highest BCUT2D eigenvalue weighted by Crippen LogP contribution is 2.51. The highest BCUT2D eigenvalue weighted by atomic mass is 35.5. The minimum Gasteiger partial charge on any atom is -0.465 e. The number of halogens is 1. The van der Waals surface area contributed by atoms with Gasteiger partial charge in [-0.05, 0) is 23.5 Å². The summed E-state index contributed by atoms with van der Waals surface area (Å²) in [6.45, 7) is 4.16. The first kappa shape index (κ1) is 16.6. The molecule has 0 saturated carbocycles. The molecule has 3 nitrogen and oxygen atoms in total. The van der Waals surface area contributed by atoms with Gasteiger partial charge in [0.15, 0.2) is 11.6 Å². The van der Waals surface area contributed by atoms with Crippen LogP contribution in [-0.4, -0.2) is 11.6 Å². The molecule has 3 aliphatic rings. The minimum atomic E-state index is -0.385. The van der Waals surface area contributed by atoms with Crippen molar-refractivity contribution >= 4 is 23.2 Å². The minimum absolute atomic E-state index is 0.0705. The maximum atomic E-state index is 13.0. The molecule has 130 valence electrons. The first-order valence-electron chi connectivity index (χ1n) is 8.82. The van der Waals surface area contributed by atoms with Crippen molar-refractivity contribution in [1.82, 2.24) is 0 Å². The first-order chi connectivity index (χ1) is 11.9. The third kappa shape index (κ3) is 2.75. The second kappa shape index (κ2) is 5.84. The molecule has 1 unspecified atom stereocenters. The van der Waals surface area contributed by atoms with E-state index in [2.05, 4.69) is 13.8 Å². The summed E-state index contributed by atoms with van der Waals surface area (Å²) in [6.07, 6.45) is 3.22. The number of ketones is 2. The van der Waals surface area contributed by atoms with E-state index >= 15 is 0 Å². The Hall–Kier alpha value is -1.87. The number of benzene rings is 1. The van der Waals surface area contributed by atoms with Crippen molar-refractivity contribution in [2.75, 3.05) is 0 Å². The largest absolute Gasteiger partial charge is 0.465 e. The van der Waals surface area contributed by atoms with Crippen LogP contribution in [0.3, 0.4) is 0 Å². The van der Waals surface area contributed by atoms with E-state index in [0.29, 0.717) is 35.4 Å². The SMILES string of the molecule is CC1(C)CC(=O)C2=C(C1)OC1=C(C(=O)CCC1)C2c1ccccc1Cl. The summed E-state index contributed by atoms with van der Waals surface area (Å²) in [5, 5.41) is 0.587. The van der Waals surface area contributed by atoms with Crippen LogP contribution in [0.4, 0.5) is 0 Å². The van der Waals surface area contributed by atoms with Gasteiger partial charge in [-0.25, -0.2) is 0 Å². The molecule has 0 bridgehead atoms. The Kier molecular flexibility index (Phi) is 3.88. The van der Waals surface area contributed by atoms with E-state index in [1.165, 1.54) is 0 Å². The van der Waals surface area contributed by atoms with E-state index in [9.17, 15) is 9.59 Å². The third-order valence-electron chi connectivity index (χ3n) is 5.33. The summed E-state index contributed by atoms with van der Waals surface area (Å²) in [6, 6.07) is 7.51. The number of ether oxygens (including phenoxy) is 1. The van der Waals surface area contributed by atoms with E-state index in [1.54, 1.807) is 0 Å². The van der Waals surface area contributed by atoms with E-state index in [-0.39, 0.29) is 22.9 Å². The number of hydrogen-bond acceptors (Lipinski definition) is 3. The second-order valence-corrected chi connectivity index (χ2v) is 8.36. The lowest BCUT2D eigenvalue weighted by Crippen LogP contribution is -2.35. The van der Waals surface area contributed by atoms with Gasteiger partial charge in [-0.15, -0.1) is 0 Å². The Bertz CT molecular complexity index is 844. The fourth-order valence-electron chi connectivity index (χ4n) is 4.27. The quantitative estimate of drug-likeness (QED) is 0.702. The molecule has 0 spiro atoms. The maximum Gasteiger partial charge on any atom is 0.163 e. The van der Waals surface area contributed by atoms with Crippen LogP contribution in [-0.2, 0) is 14.3 Å². The predicted molar refractivity (Wildman–Crippen MR) is 96.2 cm³/mol. The maximum absolute atomic E-state index is 13.0. The van der Waals surface area contributed by atoms with Crippen LogP contribution < -0.4 is 0 Å².